The number of hydrogen-bond donors (Lipinski definition) is 2. The van der Waals surface area contributed by atoms with Crippen molar-refractivity contribution >= 4 is 24.2 Å². The summed E-state index contributed by atoms with van der Waals surface area (Å²) in [6.07, 6.45) is 2.51. The van der Waals surface area contributed by atoms with Crippen molar-refractivity contribution in [2.75, 3.05) is 0 Å². The van der Waals surface area contributed by atoms with Crippen molar-refractivity contribution in [1.29, 1.82) is 0 Å². The maximum absolute atomic E-state index is 12.2. The molecule has 196 valence electrons. The highest BCUT2D eigenvalue weighted by atomic mass is 16.5. The predicted molar refractivity (Wildman–Crippen MR) is 151 cm³/mol. The van der Waals surface area contributed by atoms with E-state index >= 15 is 0 Å². The van der Waals surface area contributed by atoms with Crippen LogP contribution in [0.15, 0.2) is 119 Å². The van der Waals surface area contributed by atoms with E-state index in [0.717, 1.165) is 11.1 Å². The van der Waals surface area contributed by atoms with Crippen LogP contribution in [0.5, 0.6) is 11.5 Å². The molecular weight excluding hydrogens is 492 g/mol. The molecule has 8 heteroatoms. The second kappa shape index (κ2) is 14.5. The molecule has 0 aromatic heterocycles. The van der Waals surface area contributed by atoms with Crippen molar-refractivity contribution in [3.05, 3.63) is 131 Å². The molecule has 0 atom stereocenters. The van der Waals surface area contributed by atoms with Gasteiger partial charge in [-0.2, -0.15) is 10.2 Å². The van der Waals surface area contributed by atoms with E-state index in [-0.39, 0.29) is 0 Å². The summed E-state index contributed by atoms with van der Waals surface area (Å²) in [6, 6.07) is 34.3. The Labute approximate surface area is 227 Å². The van der Waals surface area contributed by atoms with Gasteiger partial charge in [-0.1, -0.05) is 84.9 Å². The van der Waals surface area contributed by atoms with Crippen LogP contribution in [0.3, 0.4) is 0 Å². The van der Waals surface area contributed by atoms with Gasteiger partial charge in [0, 0.05) is 11.1 Å². The van der Waals surface area contributed by atoms with Gasteiger partial charge in [0.15, 0.2) is 0 Å². The van der Waals surface area contributed by atoms with Crippen molar-refractivity contribution in [3.63, 3.8) is 0 Å². The third kappa shape index (κ3) is 8.98. The highest BCUT2D eigenvalue weighted by molar-refractivity contribution is 5.97. The van der Waals surface area contributed by atoms with Crippen LogP contribution in [-0.4, -0.2) is 24.2 Å². The summed E-state index contributed by atoms with van der Waals surface area (Å²) in [5.74, 6) is 0.0976. The Morgan fingerprint density at radius 1 is 0.564 bits per heavy atom. The Morgan fingerprint density at radius 2 is 0.949 bits per heavy atom. The highest BCUT2D eigenvalue weighted by Crippen LogP contribution is 2.18. The molecule has 0 heterocycles. The molecule has 2 amide bonds. The number of ether oxygens (including phenoxy) is 2. The summed E-state index contributed by atoms with van der Waals surface area (Å²) in [5, 5.41) is 7.91. The minimum atomic E-state index is -0.576. The number of benzene rings is 4. The highest BCUT2D eigenvalue weighted by Gasteiger charge is 2.08. The molecule has 0 unspecified atom stereocenters. The number of nitrogens with zero attached hydrogens (tertiary/aromatic N) is 2. The van der Waals surface area contributed by atoms with Gasteiger partial charge < -0.3 is 9.47 Å². The molecule has 0 aliphatic heterocycles. The lowest BCUT2D eigenvalue weighted by molar-refractivity contribution is -0.129. The normalized spacial score (nSPS) is 10.9. The minimum Gasteiger partial charge on any atom is -0.488 e. The van der Waals surface area contributed by atoms with Gasteiger partial charge in [-0.15, -0.1) is 0 Å². The van der Waals surface area contributed by atoms with E-state index in [9.17, 15) is 9.59 Å². The van der Waals surface area contributed by atoms with Gasteiger partial charge in [0.2, 0.25) is 11.8 Å². The van der Waals surface area contributed by atoms with Crippen molar-refractivity contribution in [2.45, 2.75) is 19.6 Å². The van der Waals surface area contributed by atoms with Crippen LogP contribution in [-0.2, 0) is 22.8 Å². The van der Waals surface area contributed by atoms with Crippen LogP contribution in [0, 0.1) is 0 Å². The zero-order valence-corrected chi connectivity index (χ0v) is 21.2. The summed E-state index contributed by atoms with van der Waals surface area (Å²) < 4.78 is 11.8. The fourth-order valence-corrected chi connectivity index (χ4v) is 3.48. The van der Waals surface area contributed by atoms with Crippen molar-refractivity contribution in [2.24, 2.45) is 10.2 Å². The van der Waals surface area contributed by atoms with Crippen LogP contribution >= 0.6 is 0 Å². The Hall–Kier alpha value is -5.24. The number of amides is 2. The molecule has 0 fully saturated rings. The van der Waals surface area contributed by atoms with Gasteiger partial charge in [-0.25, -0.2) is 10.9 Å². The van der Waals surface area contributed by atoms with Crippen LogP contribution < -0.4 is 20.3 Å². The zero-order valence-electron chi connectivity index (χ0n) is 21.2. The Kier molecular flexibility index (Phi) is 9.96. The quantitative estimate of drug-likeness (QED) is 0.159. The number of carbonyl (C=O) groups excluding carboxylic acids is 2. The van der Waals surface area contributed by atoms with Gasteiger partial charge in [0.25, 0.3) is 0 Å². The van der Waals surface area contributed by atoms with Gasteiger partial charge in [0.1, 0.15) is 31.1 Å². The molecule has 0 spiro atoms. The second-order valence-electron chi connectivity index (χ2n) is 8.39. The van der Waals surface area contributed by atoms with E-state index in [1.165, 1.54) is 12.4 Å². The molecule has 8 nitrogen and oxygen atoms in total. The first-order chi connectivity index (χ1) is 19.2. The van der Waals surface area contributed by atoms with Gasteiger partial charge in [-0.05, 0) is 35.4 Å². The van der Waals surface area contributed by atoms with Crippen molar-refractivity contribution < 1.29 is 19.1 Å². The fraction of sp³-hybridized carbons (Fsp3) is 0.0968. The Bertz CT molecular complexity index is 1310. The number of para-hydroxylation sites is 2. The third-order valence-corrected chi connectivity index (χ3v) is 5.42. The molecule has 39 heavy (non-hydrogen) atoms. The van der Waals surface area contributed by atoms with E-state index in [1.807, 2.05) is 109 Å². The Morgan fingerprint density at radius 3 is 1.38 bits per heavy atom. The largest absolute Gasteiger partial charge is 0.488 e. The SMILES string of the molecule is O=C(CC(=O)NN=Cc1ccccc1OCc1ccccc1)NN=Cc1ccccc1OCc1ccccc1. The first-order valence-corrected chi connectivity index (χ1v) is 12.3. The van der Waals surface area contributed by atoms with Crippen LogP contribution in [0.4, 0.5) is 0 Å². The van der Waals surface area contributed by atoms with E-state index in [2.05, 4.69) is 21.1 Å². The average Bonchev–Trinajstić information content (AvgIpc) is 2.97. The molecule has 4 aromatic rings. The molecular formula is C31H28N4O4. The lowest BCUT2D eigenvalue weighted by Gasteiger charge is -2.09. The van der Waals surface area contributed by atoms with E-state index in [4.69, 9.17) is 9.47 Å². The number of hydrazone groups is 2. The zero-order chi connectivity index (χ0) is 27.1. The fourth-order valence-electron chi connectivity index (χ4n) is 3.48. The summed E-state index contributed by atoms with van der Waals surface area (Å²) in [7, 11) is 0. The van der Waals surface area contributed by atoms with Crippen molar-refractivity contribution in [3.8, 4) is 11.5 Å². The lowest BCUT2D eigenvalue weighted by atomic mass is 10.2. The smallest absolute Gasteiger partial charge is 0.249 e. The maximum Gasteiger partial charge on any atom is 0.249 e. The van der Waals surface area contributed by atoms with Crippen LogP contribution in [0.2, 0.25) is 0 Å². The van der Waals surface area contributed by atoms with Gasteiger partial charge >= 0.3 is 0 Å². The van der Waals surface area contributed by atoms with E-state index < -0.39 is 18.2 Å². The van der Waals surface area contributed by atoms with Crippen LogP contribution in [0.1, 0.15) is 28.7 Å². The van der Waals surface area contributed by atoms with Gasteiger partial charge in [0.05, 0.1) is 12.4 Å². The monoisotopic (exact) mass is 520 g/mol. The van der Waals surface area contributed by atoms with Crippen molar-refractivity contribution in [1.82, 2.24) is 10.9 Å². The molecule has 4 aromatic carbocycles. The Balaban J connectivity index is 1.23. The molecule has 0 bridgehead atoms. The molecule has 4 rings (SSSR count). The first kappa shape index (κ1) is 26.8. The molecule has 0 saturated carbocycles. The summed E-state index contributed by atoms with van der Waals surface area (Å²) in [5.41, 5.74) is 8.16. The van der Waals surface area contributed by atoms with E-state index in [1.54, 1.807) is 0 Å². The summed E-state index contributed by atoms with van der Waals surface area (Å²) >= 11 is 0. The predicted octanol–water partition coefficient (Wildman–Crippen LogP) is 4.84. The third-order valence-electron chi connectivity index (χ3n) is 5.42. The van der Waals surface area contributed by atoms with E-state index in [0.29, 0.717) is 35.8 Å². The maximum atomic E-state index is 12.2. The molecule has 0 radical (unpaired) electrons. The topological polar surface area (TPSA) is 101 Å². The molecule has 0 saturated heterocycles. The number of hydrogen-bond acceptors (Lipinski definition) is 6. The molecule has 0 aliphatic rings. The van der Waals surface area contributed by atoms with Crippen LogP contribution in [0.25, 0.3) is 0 Å². The molecule has 0 aliphatic carbocycles. The summed E-state index contributed by atoms with van der Waals surface area (Å²) in [4.78, 5) is 24.3. The molecule has 2 N–H and O–H groups in total. The number of rotatable bonds is 12. The average molecular weight is 521 g/mol. The van der Waals surface area contributed by atoms with Gasteiger partial charge in [-0.3, -0.25) is 9.59 Å². The number of nitrogens with one attached hydrogen (secondary N) is 2. The first-order valence-electron chi connectivity index (χ1n) is 12.3. The second-order valence-corrected chi connectivity index (χ2v) is 8.39. The minimum absolute atomic E-state index is 0.405. The summed E-state index contributed by atoms with van der Waals surface area (Å²) in [6.45, 7) is 0.810. The standard InChI is InChI=1S/C31H28N4O4/c36-30(34-32-20-26-15-7-9-17-28(26)38-22-24-11-3-1-4-12-24)19-31(37)35-33-21-27-16-8-10-18-29(27)39-23-25-13-5-2-6-14-25/h1-18,20-21H,19,22-23H2,(H,34,36)(H,35,37). The number of carbonyl (C=O) groups is 2. The lowest BCUT2D eigenvalue weighted by Crippen LogP contribution is -2.27.